The van der Waals surface area contributed by atoms with Gasteiger partial charge in [0.1, 0.15) is 23.2 Å². The van der Waals surface area contributed by atoms with E-state index in [9.17, 15) is 5.26 Å². The predicted octanol–water partition coefficient (Wildman–Crippen LogP) is 4.04. The summed E-state index contributed by atoms with van der Waals surface area (Å²) in [5, 5.41) is 13.8. The number of ether oxygens (including phenoxy) is 1. The molecule has 1 aliphatic rings. The van der Waals surface area contributed by atoms with Crippen molar-refractivity contribution >= 4 is 5.82 Å². The number of hydrogen-bond acceptors (Lipinski definition) is 6. The highest BCUT2D eigenvalue weighted by Crippen LogP contribution is 2.42. The van der Waals surface area contributed by atoms with Gasteiger partial charge in [-0.05, 0) is 52.5 Å². The maximum absolute atomic E-state index is 9.74. The van der Waals surface area contributed by atoms with Gasteiger partial charge in [-0.2, -0.15) is 5.26 Å². The molecule has 0 bridgehead atoms. The average Bonchev–Trinajstić information content (AvgIpc) is 2.91. The van der Waals surface area contributed by atoms with E-state index in [4.69, 9.17) is 15.0 Å². The fraction of sp³-hybridized carbons (Fsp3) is 0.550. The minimum Gasteiger partial charge on any atom is -0.383 e. The third kappa shape index (κ3) is 3.08. The molecule has 2 N–H and O–H groups in total. The van der Waals surface area contributed by atoms with Crippen LogP contribution in [-0.4, -0.2) is 22.3 Å². The molecule has 6 heteroatoms. The molecule has 0 spiro atoms. The monoisotopic (exact) mass is 354 g/mol. The Morgan fingerprint density at radius 1 is 1.31 bits per heavy atom. The van der Waals surface area contributed by atoms with Crippen molar-refractivity contribution in [3.63, 3.8) is 0 Å². The van der Waals surface area contributed by atoms with Gasteiger partial charge in [0.05, 0.1) is 11.3 Å². The van der Waals surface area contributed by atoms with Gasteiger partial charge in [-0.3, -0.25) is 0 Å². The molecule has 1 unspecified atom stereocenters. The molecular formula is C20H26N4O2. The van der Waals surface area contributed by atoms with Crippen LogP contribution in [0.25, 0.3) is 11.1 Å². The first-order chi connectivity index (χ1) is 12.3. The smallest absolute Gasteiger partial charge is 0.142 e. The van der Waals surface area contributed by atoms with Crippen molar-refractivity contribution < 1.29 is 9.26 Å². The van der Waals surface area contributed by atoms with Crippen molar-refractivity contribution in [1.82, 2.24) is 10.1 Å². The second-order valence-corrected chi connectivity index (χ2v) is 7.57. The molecule has 0 saturated carbocycles. The Balaban J connectivity index is 2.27. The largest absolute Gasteiger partial charge is 0.383 e. The minimum atomic E-state index is -0.193. The van der Waals surface area contributed by atoms with Crippen LogP contribution in [0, 0.1) is 25.2 Å². The highest BCUT2D eigenvalue weighted by Gasteiger charge is 2.34. The second kappa shape index (κ2) is 6.73. The van der Waals surface area contributed by atoms with Crippen molar-refractivity contribution in [2.24, 2.45) is 0 Å². The molecule has 6 nitrogen and oxygen atoms in total. The molecule has 2 aromatic heterocycles. The van der Waals surface area contributed by atoms with Crippen molar-refractivity contribution in [3.05, 3.63) is 28.3 Å². The van der Waals surface area contributed by atoms with E-state index in [1.807, 2.05) is 13.8 Å². The lowest BCUT2D eigenvalue weighted by Gasteiger charge is -2.36. The molecular weight excluding hydrogens is 328 g/mol. The highest BCUT2D eigenvalue weighted by molar-refractivity contribution is 5.81. The number of pyridine rings is 1. The van der Waals surface area contributed by atoms with Crippen molar-refractivity contribution in [1.29, 1.82) is 5.26 Å². The summed E-state index contributed by atoms with van der Waals surface area (Å²) in [6.07, 6.45) is 2.53. The third-order valence-corrected chi connectivity index (χ3v) is 5.19. The van der Waals surface area contributed by atoms with Gasteiger partial charge in [0.25, 0.3) is 0 Å². The van der Waals surface area contributed by atoms with Gasteiger partial charge in [-0.1, -0.05) is 12.1 Å². The molecule has 0 aliphatic carbocycles. The van der Waals surface area contributed by atoms with Crippen molar-refractivity contribution in [2.45, 2.75) is 65.4 Å². The van der Waals surface area contributed by atoms with Crippen LogP contribution in [0.2, 0.25) is 0 Å². The Morgan fingerprint density at radius 2 is 2.04 bits per heavy atom. The molecule has 26 heavy (non-hydrogen) atoms. The summed E-state index contributed by atoms with van der Waals surface area (Å²) in [7, 11) is 0. The van der Waals surface area contributed by atoms with Gasteiger partial charge in [-0.15, -0.1) is 0 Å². The van der Waals surface area contributed by atoms with Crippen LogP contribution in [0.5, 0.6) is 0 Å². The van der Waals surface area contributed by atoms with Crippen molar-refractivity contribution in [2.75, 3.05) is 12.3 Å². The number of nitrogens with two attached hydrogens (primary N) is 1. The van der Waals surface area contributed by atoms with Gasteiger partial charge in [-0.25, -0.2) is 4.98 Å². The summed E-state index contributed by atoms with van der Waals surface area (Å²) in [6, 6.07) is 2.25. The number of anilines is 1. The maximum atomic E-state index is 9.74. The van der Waals surface area contributed by atoms with E-state index in [1.165, 1.54) is 0 Å². The van der Waals surface area contributed by atoms with Crippen molar-refractivity contribution in [3.8, 4) is 17.2 Å². The first kappa shape index (κ1) is 18.4. The van der Waals surface area contributed by atoms with Gasteiger partial charge in [0, 0.05) is 29.3 Å². The zero-order valence-corrected chi connectivity index (χ0v) is 16.1. The van der Waals surface area contributed by atoms with Crippen LogP contribution >= 0.6 is 0 Å². The normalized spacial score (nSPS) is 19.3. The highest BCUT2D eigenvalue weighted by atomic mass is 16.5. The lowest BCUT2D eigenvalue weighted by atomic mass is 9.81. The number of rotatable bonds is 3. The van der Waals surface area contributed by atoms with Crippen LogP contribution in [0.15, 0.2) is 4.52 Å². The van der Waals surface area contributed by atoms with Gasteiger partial charge in [0.2, 0.25) is 0 Å². The van der Waals surface area contributed by atoms with Crippen LogP contribution in [-0.2, 0) is 11.2 Å². The summed E-state index contributed by atoms with van der Waals surface area (Å²) < 4.78 is 11.2. The first-order valence-electron chi connectivity index (χ1n) is 9.08. The molecule has 1 aliphatic heterocycles. The molecule has 1 atom stereocenters. The number of nitriles is 1. The van der Waals surface area contributed by atoms with E-state index in [0.29, 0.717) is 17.9 Å². The van der Waals surface area contributed by atoms with E-state index in [1.54, 1.807) is 0 Å². The average molecular weight is 354 g/mol. The first-order valence-corrected chi connectivity index (χ1v) is 9.08. The summed E-state index contributed by atoms with van der Waals surface area (Å²) in [6.45, 7) is 10.7. The Bertz CT molecular complexity index is 857. The van der Waals surface area contributed by atoms with Gasteiger partial charge >= 0.3 is 0 Å². The molecule has 0 aromatic carbocycles. The summed E-state index contributed by atoms with van der Waals surface area (Å²) in [4.78, 5) is 4.68. The number of aryl methyl sites for hydroxylation is 2. The van der Waals surface area contributed by atoms with E-state index in [-0.39, 0.29) is 17.3 Å². The quantitative estimate of drug-likeness (QED) is 0.893. The SMILES string of the molecule is CCc1c(C2CCOC(C)(C)C2)nc(N)c(C#N)c1-c1c(C)noc1C. The Kier molecular flexibility index (Phi) is 4.76. The lowest BCUT2D eigenvalue weighted by molar-refractivity contribution is -0.0598. The van der Waals surface area contributed by atoms with E-state index in [0.717, 1.165) is 47.3 Å². The topological polar surface area (TPSA) is 98.0 Å². The zero-order valence-electron chi connectivity index (χ0n) is 16.1. The number of aromatic nitrogens is 2. The standard InChI is InChI=1S/C20H26N4O2/c1-6-14-17(16-11(2)24-26-12(16)3)15(10-21)19(22)23-18(14)13-7-8-25-20(4,5)9-13/h13H,6-9H2,1-5H3,(H2,22,23). The van der Waals surface area contributed by atoms with E-state index < -0.39 is 0 Å². The fourth-order valence-corrected chi connectivity index (χ4v) is 4.05. The Morgan fingerprint density at radius 3 is 2.58 bits per heavy atom. The lowest BCUT2D eigenvalue weighted by Crippen LogP contribution is -2.33. The Hall–Kier alpha value is -2.39. The van der Waals surface area contributed by atoms with E-state index in [2.05, 4.69) is 37.0 Å². The van der Waals surface area contributed by atoms with Crippen LogP contribution in [0.3, 0.4) is 0 Å². The molecule has 138 valence electrons. The molecule has 3 heterocycles. The number of hydrogen-bond donors (Lipinski definition) is 1. The molecule has 3 rings (SSSR count). The Labute approximate surface area is 154 Å². The number of nitrogens with zero attached hydrogens (tertiary/aromatic N) is 3. The second-order valence-electron chi connectivity index (χ2n) is 7.57. The molecule has 0 amide bonds. The summed E-state index contributed by atoms with van der Waals surface area (Å²) in [5.74, 6) is 1.22. The minimum absolute atomic E-state index is 0.193. The summed E-state index contributed by atoms with van der Waals surface area (Å²) in [5.41, 5.74) is 10.9. The molecule has 1 fully saturated rings. The third-order valence-electron chi connectivity index (χ3n) is 5.19. The van der Waals surface area contributed by atoms with Crippen LogP contribution in [0.4, 0.5) is 5.82 Å². The maximum Gasteiger partial charge on any atom is 0.142 e. The van der Waals surface area contributed by atoms with Gasteiger partial charge in [0.15, 0.2) is 0 Å². The summed E-state index contributed by atoms with van der Waals surface area (Å²) >= 11 is 0. The molecule has 1 saturated heterocycles. The van der Waals surface area contributed by atoms with Gasteiger partial charge < -0.3 is 15.0 Å². The molecule has 0 radical (unpaired) electrons. The molecule has 2 aromatic rings. The van der Waals surface area contributed by atoms with Crippen LogP contribution < -0.4 is 5.73 Å². The van der Waals surface area contributed by atoms with Crippen LogP contribution in [0.1, 0.15) is 67.8 Å². The zero-order chi connectivity index (χ0) is 19.1. The van der Waals surface area contributed by atoms with E-state index >= 15 is 0 Å². The fourth-order valence-electron chi connectivity index (χ4n) is 4.05. The predicted molar refractivity (Wildman–Crippen MR) is 99.7 cm³/mol. The number of nitrogen functional groups attached to an aromatic ring is 1.